The second-order valence-electron chi connectivity index (χ2n) is 2.60. The van der Waals surface area contributed by atoms with Crippen LogP contribution in [0.3, 0.4) is 0 Å². The normalized spacial score (nSPS) is 8.23. The van der Waals surface area contributed by atoms with Crippen LogP contribution < -0.4 is 0 Å². The maximum atomic E-state index is 3.86. The van der Waals surface area contributed by atoms with Crippen molar-refractivity contribution in [2.24, 2.45) is 0 Å². The lowest BCUT2D eigenvalue weighted by atomic mass is 10.1. The first-order valence-electron chi connectivity index (χ1n) is 4.62. The summed E-state index contributed by atoms with van der Waals surface area (Å²) in [5.74, 6) is 0. The van der Waals surface area contributed by atoms with Crippen molar-refractivity contribution in [1.29, 1.82) is 0 Å². The van der Waals surface area contributed by atoms with Crippen molar-refractivity contribution in [2.45, 2.75) is 20.8 Å². The minimum Gasteiger partial charge on any atom is -0.0985 e. The van der Waals surface area contributed by atoms with Crippen molar-refractivity contribution >= 4 is 5.57 Å². The van der Waals surface area contributed by atoms with Gasteiger partial charge in [0.25, 0.3) is 0 Å². The van der Waals surface area contributed by atoms with E-state index >= 15 is 0 Å². The molecule has 0 aliphatic carbocycles. The fourth-order valence-electron chi connectivity index (χ4n) is 0.885. The number of rotatable bonds is 2. The summed E-state index contributed by atoms with van der Waals surface area (Å²) in [5.41, 5.74) is 3.39. The van der Waals surface area contributed by atoms with E-state index in [1.807, 2.05) is 13.8 Å². The monoisotopic (exact) mass is 174 g/mol. The molecule has 0 aliphatic rings. The topological polar surface area (TPSA) is 0 Å². The molecule has 0 heteroatoms. The maximum Gasteiger partial charge on any atom is -0.0190 e. The number of hydrogen-bond acceptors (Lipinski definition) is 0. The third-order valence-electron chi connectivity index (χ3n) is 1.67. The molecule has 1 aromatic rings. The van der Waals surface area contributed by atoms with Crippen LogP contribution >= 0.6 is 0 Å². The van der Waals surface area contributed by atoms with Crippen LogP contribution in [-0.4, -0.2) is 0 Å². The molecule has 0 amide bonds. The van der Waals surface area contributed by atoms with Crippen LogP contribution in [0.4, 0.5) is 0 Å². The molecule has 0 saturated carbocycles. The van der Waals surface area contributed by atoms with E-state index in [4.69, 9.17) is 0 Å². The molecule has 0 spiro atoms. The van der Waals surface area contributed by atoms with Gasteiger partial charge < -0.3 is 0 Å². The Hall–Kier alpha value is -1.30. The molecule has 0 aliphatic heterocycles. The highest BCUT2D eigenvalue weighted by Crippen LogP contribution is 2.12. The largest absolute Gasteiger partial charge is 0.0985 e. The van der Waals surface area contributed by atoms with E-state index < -0.39 is 0 Å². The Morgan fingerprint density at radius 1 is 1.15 bits per heavy atom. The summed E-state index contributed by atoms with van der Waals surface area (Å²) >= 11 is 0. The van der Waals surface area contributed by atoms with Crippen molar-refractivity contribution in [3.63, 3.8) is 0 Å². The molecule has 0 unspecified atom stereocenters. The van der Waals surface area contributed by atoms with Gasteiger partial charge in [0.1, 0.15) is 0 Å². The summed E-state index contributed by atoms with van der Waals surface area (Å²) < 4.78 is 0. The Kier molecular flexibility index (Phi) is 5.62. The van der Waals surface area contributed by atoms with Gasteiger partial charge in [-0.2, -0.15) is 0 Å². The minimum absolute atomic E-state index is 0.977. The Morgan fingerprint density at radius 2 is 1.62 bits per heavy atom. The summed E-state index contributed by atoms with van der Waals surface area (Å²) in [6, 6.07) is 8.26. The molecule has 0 radical (unpaired) electrons. The molecule has 0 heterocycles. The molecule has 0 saturated heterocycles. The molecule has 0 aromatic heterocycles. The van der Waals surface area contributed by atoms with Crippen LogP contribution in [-0.2, 0) is 0 Å². The summed E-state index contributed by atoms with van der Waals surface area (Å²) in [4.78, 5) is 0. The van der Waals surface area contributed by atoms with E-state index in [1.54, 1.807) is 6.08 Å². The molecule has 0 fully saturated rings. The quantitative estimate of drug-likeness (QED) is 0.589. The number of hydrogen-bond donors (Lipinski definition) is 0. The van der Waals surface area contributed by atoms with Crippen LogP contribution in [0.2, 0.25) is 0 Å². The smallest absolute Gasteiger partial charge is 0.0190 e. The van der Waals surface area contributed by atoms with Gasteiger partial charge >= 0.3 is 0 Å². The van der Waals surface area contributed by atoms with Crippen LogP contribution in [0.25, 0.3) is 5.57 Å². The van der Waals surface area contributed by atoms with Crippen molar-refractivity contribution in [1.82, 2.24) is 0 Å². The average molecular weight is 174 g/mol. The molecule has 0 nitrogen and oxygen atoms in total. The first kappa shape index (κ1) is 11.7. The minimum atomic E-state index is 0.977. The van der Waals surface area contributed by atoms with E-state index in [0.29, 0.717) is 0 Å². The second-order valence-corrected chi connectivity index (χ2v) is 2.60. The zero-order chi connectivity index (χ0) is 10.3. The van der Waals surface area contributed by atoms with Crippen LogP contribution in [0.5, 0.6) is 0 Å². The summed E-state index contributed by atoms with van der Waals surface area (Å²) in [6.45, 7) is 13.6. The number of allylic oxidation sites excluding steroid dienone is 2. The third-order valence-corrected chi connectivity index (χ3v) is 1.67. The van der Waals surface area contributed by atoms with Gasteiger partial charge in [0, 0.05) is 0 Å². The highest BCUT2D eigenvalue weighted by molar-refractivity contribution is 5.71. The fourth-order valence-corrected chi connectivity index (χ4v) is 0.885. The Morgan fingerprint density at radius 3 is 2.00 bits per heavy atom. The van der Waals surface area contributed by atoms with Crippen LogP contribution in [0.15, 0.2) is 43.5 Å². The fraction of sp³-hybridized carbons (Fsp3) is 0.231. The predicted octanol–water partition coefficient (Wildman–Crippen LogP) is 4.22. The molecule has 13 heavy (non-hydrogen) atoms. The van der Waals surface area contributed by atoms with E-state index in [2.05, 4.69) is 44.3 Å². The summed E-state index contributed by atoms with van der Waals surface area (Å²) in [5, 5.41) is 0. The lowest BCUT2D eigenvalue weighted by Crippen LogP contribution is -1.78. The van der Waals surface area contributed by atoms with Gasteiger partial charge in [0.05, 0.1) is 0 Å². The Labute approximate surface area is 81.6 Å². The Balaban J connectivity index is 0.000000671. The molecular formula is C13H18. The van der Waals surface area contributed by atoms with Gasteiger partial charge in [-0.25, -0.2) is 0 Å². The van der Waals surface area contributed by atoms with Gasteiger partial charge in [-0.15, -0.1) is 0 Å². The zero-order valence-electron chi connectivity index (χ0n) is 8.80. The molecule has 0 N–H and O–H groups in total. The molecule has 1 rings (SSSR count). The Bertz CT molecular complexity index is 265. The van der Waals surface area contributed by atoms with Crippen molar-refractivity contribution < 1.29 is 0 Å². The van der Waals surface area contributed by atoms with Gasteiger partial charge in [-0.3, -0.25) is 0 Å². The number of aryl methyl sites for hydroxylation is 1. The number of benzene rings is 1. The van der Waals surface area contributed by atoms with Gasteiger partial charge in [0.2, 0.25) is 0 Å². The van der Waals surface area contributed by atoms with Gasteiger partial charge in [0.15, 0.2) is 0 Å². The van der Waals surface area contributed by atoms with Crippen molar-refractivity contribution in [3.05, 3.63) is 54.6 Å². The lowest BCUT2D eigenvalue weighted by molar-refractivity contribution is 1.46. The summed E-state index contributed by atoms with van der Waals surface area (Å²) in [6.07, 6.45) is 1.77. The molecule has 0 atom stereocenters. The van der Waals surface area contributed by atoms with E-state index in [1.165, 1.54) is 5.56 Å². The zero-order valence-corrected chi connectivity index (χ0v) is 8.80. The predicted molar refractivity (Wildman–Crippen MR) is 61.8 cm³/mol. The summed E-state index contributed by atoms with van der Waals surface area (Å²) in [7, 11) is 0. The SMILES string of the molecule is C=CC(=C)c1ccc(C)cc1.CC. The lowest BCUT2D eigenvalue weighted by Gasteiger charge is -1.99. The first-order valence-corrected chi connectivity index (χ1v) is 4.62. The van der Waals surface area contributed by atoms with Gasteiger partial charge in [-0.1, -0.05) is 62.9 Å². The maximum absolute atomic E-state index is 3.86. The standard InChI is InChI=1S/C11H12.C2H6/c1-4-10(3)11-7-5-9(2)6-8-11;1-2/h4-8H,1,3H2,2H3;1-2H3. The molecule has 0 bridgehead atoms. The van der Waals surface area contributed by atoms with Crippen molar-refractivity contribution in [2.75, 3.05) is 0 Å². The highest BCUT2D eigenvalue weighted by atomic mass is 14.0. The van der Waals surface area contributed by atoms with E-state index in [9.17, 15) is 0 Å². The van der Waals surface area contributed by atoms with E-state index in [0.717, 1.165) is 11.1 Å². The highest BCUT2D eigenvalue weighted by Gasteiger charge is 1.91. The van der Waals surface area contributed by atoms with Crippen molar-refractivity contribution in [3.8, 4) is 0 Å². The molecular weight excluding hydrogens is 156 g/mol. The molecule has 70 valence electrons. The third kappa shape index (κ3) is 3.75. The van der Waals surface area contributed by atoms with Crippen LogP contribution in [0, 0.1) is 6.92 Å². The molecule has 1 aromatic carbocycles. The second kappa shape index (κ2) is 6.24. The van der Waals surface area contributed by atoms with Crippen LogP contribution in [0.1, 0.15) is 25.0 Å². The van der Waals surface area contributed by atoms with E-state index in [-0.39, 0.29) is 0 Å². The van der Waals surface area contributed by atoms with Gasteiger partial charge in [-0.05, 0) is 18.1 Å². The first-order chi connectivity index (χ1) is 6.24. The average Bonchev–Trinajstić information content (AvgIpc) is 2.21.